The molecule has 1 aromatic heterocycles. The number of hydrogen-bond donors (Lipinski definition) is 0. The number of pyridine rings is 1. The summed E-state index contributed by atoms with van der Waals surface area (Å²) in [5.41, 5.74) is 1.14. The summed E-state index contributed by atoms with van der Waals surface area (Å²) in [6.45, 7) is 2.12. The zero-order chi connectivity index (χ0) is 9.97. The molecule has 76 valence electrons. The van der Waals surface area contributed by atoms with Crippen LogP contribution in [0.3, 0.4) is 0 Å². The van der Waals surface area contributed by atoms with Crippen LogP contribution in [0.1, 0.15) is 25.5 Å². The van der Waals surface area contributed by atoms with E-state index in [0.29, 0.717) is 6.10 Å². The molecular weight excluding hydrogens is 194 g/mol. The lowest BCUT2D eigenvalue weighted by molar-refractivity contribution is 0.293. The molecule has 0 atom stereocenters. The van der Waals surface area contributed by atoms with Crippen molar-refractivity contribution in [1.29, 1.82) is 0 Å². The van der Waals surface area contributed by atoms with Crippen molar-refractivity contribution in [2.24, 2.45) is 0 Å². The molecular formula is C11H15NOS. The summed E-state index contributed by atoms with van der Waals surface area (Å²) in [7, 11) is 0. The molecule has 1 saturated carbocycles. The monoisotopic (exact) mass is 209 g/mol. The Kier molecular flexibility index (Phi) is 2.96. The van der Waals surface area contributed by atoms with Crippen molar-refractivity contribution in [2.45, 2.75) is 37.3 Å². The Hall–Kier alpha value is -0.700. The molecule has 0 spiro atoms. The number of thioether (sulfide) groups is 1. The van der Waals surface area contributed by atoms with Crippen LogP contribution in [0.25, 0.3) is 0 Å². The molecule has 1 heterocycles. The third kappa shape index (κ3) is 2.21. The Balaban J connectivity index is 2.19. The molecule has 1 aromatic rings. The molecule has 1 aliphatic carbocycles. The van der Waals surface area contributed by atoms with E-state index in [1.54, 1.807) is 11.8 Å². The van der Waals surface area contributed by atoms with E-state index in [9.17, 15) is 0 Å². The van der Waals surface area contributed by atoms with Crippen molar-refractivity contribution in [3.05, 3.63) is 17.8 Å². The van der Waals surface area contributed by atoms with E-state index >= 15 is 0 Å². The SMILES string of the molecule is CCc1ccc(OC2CC2)c(SC)n1. The van der Waals surface area contributed by atoms with Crippen molar-refractivity contribution >= 4 is 11.8 Å². The Morgan fingerprint density at radius 3 is 2.86 bits per heavy atom. The summed E-state index contributed by atoms with van der Waals surface area (Å²) >= 11 is 1.66. The summed E-state index contributed by atoms with van der Waals surface area (Å²) in [5, 5.41) is 1.02. The van der Waals surface area contributed by atoms with Gasteiger partial charge in [-0.3, -0.25) is 0 Å². The minimum atomic E-state index is 0.454. The molecule has 0 saturated heterocycles. The van der Waals surface area contributed by atoms with Gasteiger partial charge in [-0.05, 0) is 37.7 Å². The third-order valence-electron chi connectivity index (χ3n) is 2.26. The lowest BCUT2D eigenvalue weighted by Crippen LogP contribution is -1.99. The van der Waals surface area contributed by atoms with Gasteiger partial charge in [0.15, 0.2) is 5.75 Å². The third-order valence-corrected chi connectivity index (χ3v) is 2.94. The van der Waals surface area contributed by atoms with Gasteiger partial charge in [-0.2, -0.15) is 0 Å². The highest BCUT2D eigenvalue weighted by molar-refractivity contribution is 7.98. The zero-order valence-corrected chi connectivity index (χ0v) is 9.43. The van der Waals surface area contributed by atoms with Gasteiger partial charge >= 0.3 is 0 Å². The van der Waals surface area contributed by atoms with E-state index in [1.165, 1.54) is 12.8 Å². The molecule has 2 rings (SSSR count). The second kappa shape index (κ2) is 4.22. The van der Waals surface area contributed by atoms with Crippen LogP contribution in [0, 0.1) is 0 Å². The van der Waals surface area contributed by atoms with Crippen molar-refractivity contribution in [3.8, 4) is 5.75 Å². The highest BCUT2D eigenvalue weighted by Gasteiger charge is 2.24. The summed E-state index contributed by atoms with van der Waals surface area (Å²) in [6, 6.07) is 4.10. The van der Waals surface area contributed by atoms with Crippen molar-refractivity contribution in [1.82, 2.24) is 4.98 Å². The van der Waals surface area contributed by atoms with E-state index in [2.05, 4.69) is 24.0 Å². The highest BCUT2D eigenvalue weighted by atomic mass is 32.2. The topological polar surface area (TPSA) is 22.1 Å². The normalized spacial score (nSPS) is 15.6. The van der Waals surface area contributed by atoms with Gasteiger partial charge in [0.25, 0.3) is 0 Å². The van der Waals surface area contributed by atoms with Gasteiger partial charge in [-0.1, -0.05) is 6.92 Å². The summed E-state index contributed by atoms with van der Waals surface area (Å²) in [5.74, 6) is 0.956. The Bertz CT molecular complexity index is 323. The van der Waals surface area contributed by atoms with Crippen LogP contribution in [-0.4, -0.2) is 17.3 Å². The molecule has 0 radical (unpaired) electrons. The van der Waals surface area contributed by atoms with E-state index in [-0.39, 0.29) is 0 Å². The van der Waals surface area contributed by atoms with Crippen LogP contribution in [0.2, 0.25) is 0 Å². The fourth-order valence-electron chi connectivity index (χ4n) is 1.26. The fourth-order valence-corrected chi connectivity index (χ4v) is 1.79. The number of aryl methyl sites for hydroxylation is 1. The van der Waals surface area contributed by atoms with Gasteiger partial charge in [0, 0.05) is 5.69 Å². The van der Waals surface area contributed by atoms with Gasteiger partial charge in [-0.15, -0.1) is 11.8 Å². The quantitative estimate of drug-likeness (QED) is 0.712. The second-order valence-corrected chi connectivity index (χ2v) is 4.28. The maximum atomic E-state index is 5.76. The van der Waals surface area contributed by atoms with Gasteiger partial charge in [0.2, 0.25) is 0 Å². The summed E-state index contributed by atoms with van der Waals surface area (Å²) in [6.07, 6.45) is 5.88. The Morgan fingerprint density at radius 1 is 1.50 bits per heavy atom. The number of aromatic nitrogens is 1. The molecule has 0 aliphatic heterocycles. The van der Waals surface area contributed by atoms with Crippen LogP contribution < -0.4 is 4.74 Å². The molecule has 0 aromatic carbocycles. The second-order valence-electron chi connectivity index (χ2n) is 3.48. The van der Waals surface area contributed by atoms with Crippen LogP contribution in [0.5, 0.6) is 5.75 Å². The smallest absolute Gasteiger partial charge is 0.151 e. The number of nitrogens with zero attached hydrogens (tertiary/aromatic N) is 1. The number of hydrogen-bond acceptors (Lipinski definition) is 3. The van der Waals surface area contributed by atoms with Gasteiger partial charge in [0.1, 0.15) is 5.03 Å². The molecule has 0 unspecified atom stereocenters. The highest BCUT2D eigenvalue weighted by Crippen LogP contribution is 2.32. The van der Waals surface area contributed by atoms with Crippen molar-refractivity contribution in [2.75, 3.05) is 6.26 Å². The molecule has 2 nitrogen and oxygen atoms in total. The summed E-state index contributed by atoms with van der Waals surface area (Å²) < 4.78 is 5.76. The van der Waals surface area contributed by atoms with Gasteiger partial charge < -0.3 is 4.74 Å². The molecule has 0 bridgehead atoms. The molecule has 0 amide bonds. The standard InChI is InChI=1S/C11H15NOS/c1-3-8-4-7-10(11(12-8)14-2)13-9-5-6-9/h4,7,9H,3,5-6H2,1-2H3. The first-order valence-electron chi connectivity index (χ1n) is 5.04. The lowest BCUT2D eigenvalue weighted by atomic mass is 10.3. The van der Waals surface area contributed by atoms with Crippen molar-refractivity contribution < 1.29 is 4.74 Å². The summed E-state index contributed by atoms with van der Waals surface area (Å²) in [4.78, 5) is 4.53. The molecule has 1 fully saturated rings. The molecule has 3 heteroatoms. The predicted octanol–water partition coefficient (Wildman–Crippen LogP) is 2.91. The predicted molar refractivity (Wildman–Crippen MR) is 59.0 cm³/mol. The number of rotatable bonds is 4. The molecule has 14 heavy (non-hydrogen) atoms. The van der Waals surface area contributed by atoms with Gasteiger partial charge in [0.05, 0.1) is 6.10 Å². The van der Waals surface area contributed by atoms with Crippen LogP contribution >= 0.6 is 11.8 Å². The van der Waals surface area contributed by atoms with Crippen LogP contribution in [0.15, 0.2) is 17.2 Å². The largest absolute Gasteiger partial charge is 0.488 e. The van der Waals surface area contributed by atoms with Crippen molar-refractivity contribution in [3.63, 3.8) is 0 Å². The minimum Gasteiger partial charge on any atom is -0.488 e. The maximum absolute atomic E-state index is 5.76. The maximum Gasteiger partial charge on any atom is 0.151 e. The Labute approximate surface area is 89.1 Å². The van der Waals surface area contributed by atoms with Gasteiger partial charge in [-0.25, -0.2) is 4.98 Å². The van der Waals surface area contributed by atoms with Crippen LogP contribution in [-0.2, 0) is 6.42 Å². The minimum absolute atomic E-state index is 0.454. The molecule has 0 N–H and O–H groups in total. The first-order chi connectivity index (χ1) is 6.83. The zero-order valence-electron chi connectivity index (χ0n) is 8.62. The van der Waals surface area contributed by atoms with E-state index in [0.717, 1.165) is 22.9 Å². The average molecular weight is 209 g/mol. The Morgan fingerprint density at radius 2 is 2.29 bits per heavy atom. The lowest BCUT2D eigenvalue weighted by Gasteiger charge is -2.09. The van der Waals surface area contributed by atoms with Crippen LogP contribution in [0.4, 0.5) is 0 Å². The first kappa shape index (κ1) is 9.84. The average Bonchev–Trinajstić information content (AvgIpc) is 3.02. The number of ether oxygens (including phenoxy) is 1. The van der Waals surface area contributed by atoms with E-state index in [1.807, 2.05) is 6.26 Å². The fraction of sp³-hybridized carbons (Fsp3) is 0.545. The molecule has 1 aliphatic rings. The van der Waals surface area contributed by atoms with E-state index < -0.39 is 0 Å². The van der Waals surface area contributed by atoms with E-state index in [4.69, 9.17) is 4.74 Å². The first-order valence-corrected chi connectivity index (χ1v) is 6.26.